The van der Waals surface area contributed by atoms with Gasteiger partial charge in [0.05, 0.1) is 6.61 Å². The van der Waals surface area contributed by atoms with Crippen LogP contribution in [0.25, 0.3) is 0 Å². The average Bonchev–Trinajstić information content (AvgIpc) is 3.36. The van der Waals surface area contributed by atoms with Crippen molar-refractivity contribution in [3.05, 3.63) is 48.6 Å². The molecule has 70 heavy (non-hydrogen) atoms. The molecule has 0 fully saturated rings. The number of rotatable bonds is 58. The summed E-state index contributed by atoms with van der Waals surface area (Å²) in [7, 11) is 0. The van der Waals surface area contributed by atoms with E-state index in [1.807, 2.05) is 0 Å². The Morgan fingerprint density at radius 2 is 0.600 bits per heavy atom. The van der Waals surface area contributed by atoms with E-state index in [9.17, 15) is 9.59 Å². The molecule has 0 bridgehead atoms. The second kappa shape index (κ2) is 61.2. The summed E-state index contributed by atoms with van der Waals surface area (Å²) in [6.45, 7) is 7.84. The number of ether oxygens (including phenoxy) is 3. The van der Waals surface area contributed by atoms with Gasteiger partial charge in [-0.15, -0.1) is 0 Å². The van der Waals surface area contributed by atoms with Crippen LogP contribution < -0.4 is 0 Å². The van der Waals surface area contributed by atoms with Crippen LogP contribution >= 0.6 is 0 Å². The van der Waals surface area contributed by atoms with Gasteiger partial charge in [-0.2, -0.15) is 0 Å². The molecule has 1 atom stereocenters. The van der Waals surface area contributed by atoms with E-state index in [-0.39, 0.29) is 25.2 Å². The predicted molar refractivity (Wildman–Crippen MR) is 307 cm³/mol. The van der Waals surface area contributed by atoms with Gasteiger partial charge < -0.3 is 14.2 Å². The molecule has 0 spiro atoms. The van der Waals surface area contributed by atoms with Crippen molar-refractivity contribution in [1.82, 2.24) is 0 Å². The summed E-state index contributed by atoms with van der Waals surface area (Å²) in [5.74, 6) is -0.404. The fourth-order valence-electron chi connectivity index (χ4n) is 9.16. The number of hydrogen-bond acceptors (Lipinski definition) is 5. The van der Waals surface area contributed by atoms with Crippen molar-refractivity contribution < 1.29 is 23.8 Å². The van der Waals surface area contributed by atoms with E-state index in [2.05, 4.69) is 69.4 Å². The molecule has 0 saturated carbocycles. The molecule has 0 amide bonds. The SMILES string of the molecule is CCCCC/C=C\C/C=C\C/C=C\CCCCCCC(=O)OC[C@@H](COCCCCCCCCCCCCCCCCCC)OC(=O)CCCCCCCCCCCCC/C=C\CCCCCCCC. The summed E-state index contributed by atoms with van der Waals surface area (Å²) in [6, 6.07) is 0. The maximum absolute atomic E-state index is 12.9. The zero-order valence-electron chi connectivity index (χ0n) is 47.3. The Morgan fingerprint density at radius 3 is 1.00 bits per heavy atom. The first-order chi connectivity index (χ1) is 34.6. The van der Waals surface area contributed by atoms with E-state index in [1.165, 1.54) is 231 Å². The van der Waals surface area contributed by atoms with Gasteiger partial charge in [-0.3, -0.25) is 9.59 Å². The first-order valence-electron chi connectivity index (χ1n) is 31.2. The molecule has 0 aromatic carbocycles. The Hall–Kier alpha value is -2.14. The molecule has 0 aliphatic carbocycles. The van der Waals surface area contributed by atoms with Gasteiger partial charge in [0.2, 0.25) is 0 Å². The largest absolute Gasteiger partial charge is 0.462 e. The zero-order chi connectivity index (χ0) is 50.6. The Morgan fingerprint density at radius 1 is 0.314 bits per heavy atom. The van der Waals surface area contributed by atoms with Gasteiger partial charge in [0, 0.05) is 19.4 Å². The molecule has 5 heteroatoms. The minimum atomic E-state index is -0.544. The first-order valence-corrected chi connectivity index (χ1v) is 31.2. The monoisotopic (exact) mass is 981 g/mol. The van der Waals surface area contributed by atoms with Crippen molar-refractivity contribution >= 4 is 11.9 Å². The molecule has 0 radical (unpaired) electrons. The maximum atomic E-state index is 12.9. The number of carbonyl (C=O) groups is 2. The summed E-state index contributed by atoms with van der Waals surface area (Å²) in [4.78, 5) is 25.6. The Labute approximate surface area is 437 Å². The number of unbranched alkanes of at least 4 members (excludes halogenated alkanes) is 39. The minimum absolute atomic E-state index is 0.0778. The van der Waals surface area contributed by atoms with Crippen LogP contribution in [0.2, 0.25) is 0 Å². The van der Waals surface area contributed by atoms with E-state index in [1.54, 1.807) is 0 Å². The molecule has 0 aliphatic rings. The summed E-state index contributed by atoms with van der Waals surface area (Å²) in [5, 5.41) is 0. The standard InChI is InChI=1S/C65H120O5/c1-4-7-10-13-16-19-22-25-28-31-32-33-34-36-38-41-44-47-50-53-56-59-65(67)70-63(61-68-60-57-54-51-48-45-42-39-30-27-24-21-18-15-12-9-6-3)62-69-64(66)58-55-52-49-46-43-40-37-35-29-26-23-20-17-14-11-8-5-2/h17,20,25-26,28-29,37,40,63H,4-16,18-19,21-24,27,30-36,38-39,41-62H2,1-3H3/b20-17-,28-25-,29-26-,40-37-/t63-/m1/s1. The zero-order valence-corrected chi connectivity index (χ0v) is 47.3. The van der Waals surface area contributed by atoms with Crippen molar-refractivity contribution in [3.63, 3.8) is 0 Å². The molecule has 0 unspecified atom stereocenters. The number of esters is 2. The van der Waals surface area contributed by atoms with Crippen LogP contribution in [0.4, 0.5) is 0 Å². The lowest BCUT2D eigenvalue weighted by molar-refractivity contribution is -0.163. The third kappa shape index (κ3) is 58.4. The Balaban J connectivity index is 4.26. The second-order valence-electron chi connectivity index (χ2n) is 21.0. The first kappa shape index (κ1) is 67.9. The Bertz CT molecular complexity index is 1150. The topological polar surface area (TPSA) is 61.8 Å². The second-order valence-corrected chi connectivity index (χ2v) is 21.0. The van der Waals surface area contributed by atoms with Crippen molar-refractivity contribution in [1.29, 1.82) is 0 Å². The van der Waals surface area contributed by atoms with Gasteiger partial charge in [-0.25, -0.2) is 0 Å². The summed E-state index contributed by atoms with van der Waals surface area (Å²) < 4.78 is 17.5. The van der Waals surface area contributed by atoms with E-state index >= 15 is 0 Å². The van der Waals surface area contributed by atoms with E-state index in [0.29, 0.717) is 19.4 Å². The number of hydrogen-bond donors (Lipinski definition) is 0. The number of carbonyl (C=O) groups excluding carboxylic acids is 2. The lowest BCUT2D eigenvalue weighted by Crippen LogP contribution is -2.30. The molecular formula is C65H120O5. The van der Waals surface area contributed by atoms with Gasteiger partial charge in [0.25, 0.3) is 0 Å². The van der Waals surface area contributed by atoms with Crippen LogP contribution in [-0.4, -0.2) is 37.9 Å². The number of allylic oxidation sites excluding steroid dienone is 8. The molecule has 0 rings (SSSR count). The van der Waals surface area contributed by atoms with Gasteiger partial charge >= 0.3 is 11.9 Å². The predicted octanol–water partition coefficient (Wildman–Crippen LogP) is 21.5. The summed E-state index contributed by atoms with van der Waals surface area (Å²) in [6.07, 6.45) is 77.1. The van der Waals surface area contributed by atoms with Crippen LogP contribution in [0.15, 0.2) is 48.6 Å². The van der Waals surface area contributed by atoms with Crippen molar-refractivity contribution in [2.24, 2.45) is 0 Å². The molecule has 0 aliphatic heterocycles. The third-order valence-electron chi connectivity index (χ3n) is 13.8. The fourth-order valence-corrected chi connectivity index (χ4v) is 9.16. The van der Waals surface area contributed by atoms with Gasteiger partial charge in [-0.1, -0.05) is 281 Å². The van der Waals surface area contributed by atoms with E-state index in [4.69, 9.17) is 14.2 Å². The van der Waals surface area contributed by atoms with Crippen molar-refractivity contribution in [2.45, 2.75) is 335 Å². The normalized spacial score (nSPS) is 12.4. The van der Waals surface area contributed by atoms with Gasteiger partial charge in [-0.05, 0) is 83.5 Å². The fraction of sp³-hybridized carbons (Fsp3) is 0.846. The lowest BCUT2D eigenvalue weighted by atomic mass is 10.0. The van der Waals surface area contributed by atoms with Gasteiger partial charge in [0.15, 0.2) is 6.10 Å². The molecule has 0 aromatic heterocycles. The highest BCUT2D eigenvalue weighted by Gasteiger charge is 2.17. The van der Waals surface area contributed by atoms with Crippen LogP contribution in [0.1, 0.15) is 329 Å². The lowest BCUT2D eigenvalue weighted by Gasteiger charge is -2.18. The highest BCUT2D eigenvalue weighted by atomic mass is 16.6. The van der Waals surface area contributed by atoms with Crippen molar-refractivity contribution in [3.8, 4) is 0 Å². The molecule has 5 nitrogen and oxygen atoms in total. The van der Waals surface area contributed by atoms with Gasteiger partial charge in [0.1, 0.15) is 6.61 Å². The Kier molecular flexibility index (Phi) is 59.3. The van der Waals surface area contributed by atoms with E-state index in [0.717, 1.165) is 64.2 Å². The molecule has 0 heterocycles. The smallest absolute Gasteiger partial charge is 0.306 e. The summed E-state index contributed by atoms with van der Waals surface area (Å²) >= 11 is 0. The third-order valence-corrected chi connectivity index (χ3v) is 13.8. The minimum Gasteiger partial charge on any atom is -0.462 e. The molecular weight excluding hydrogens is 861 g/mol. The van der Waals surface area contributed by atoms with Crippen LogP contribution in [-0.2, 0) is 23.8 Å². The van der Waals surface area contributed by atoms with Crippen molar-refractivity contribution in [2.75, 3.05) is 19.8 Å². The average molecular weight is 982 g/mol. The molecule has 410 valence electrons. The summed E-state index contributed by atoms with van der Waals surface area (Å²) in [5.41, 5.74) is 0. The maximum Gasteiger partial charge on any atom is 0.306 e. The van der Waals surface area contributed by atoms with E-state index < -0.39 is 6.10 Å². The highest BCUT2D eigenvalue weighted by molar-refractivity contribution is 5.70. The quantitative estimate of drug-likeness (QED) is 0.0345. The molecule has 0 saturated heterocycles. The van der Waals surface area contributed by atoms with Crippen LogP contribution in [0, 0.1) is 0 Å². The molecule has 0 aromatic rings. The van der Waals surface area contributed by atoms with Crippen LogP contribution in [0.5, 0.6) is 0 Å². The van der Waals surface area contributed by atoms with Crippen LogP contribution in [0.3, 0.4) is 0 Å². The highest BCUT2D eigenvalue weighted by Crippen LogP contribution is 2.17. The molecule has 0 N–H and O–H groups in total.